The molecule has 3 atom stereocenters. The van der Waals surface area contributed by atoms with Crippen molar-refractivity contribution in [1.82, 2.24) is 9.97 Å². The third kappa shape index (κ3) is 2.43. The quantitative estimate of drug-likeness (QED) is 0.802. The molecule has 1 aromatic rings. The van der Waals surface area contributed by atoms with E-state index in [1.807, 2.05) is 0 Å². The van der Waals surface area contributed by atoms with Gasteiger partial charge in [-0.05, 0) is 31.1 Å². The van der Waals surface area contributed by atoms with E-state index in [4.69, 9.17) is 5.73 Å². The van der Waals surface area contributed by atoms with Gasteiger partial charge in [-0.3, -0.25) is 0 Å². The Morgan fingerprint density at radius 2 is 2.12 bits per heavy atom. The first-order chi connectivity index (χ1) is 7.66. The molecule has 1 aromatic heterocycles. The van der Waals surface area contributed by atoms with Crippen molar-refractivity contribution >= 4 is 11.5 Å². The molecule has 0 bridgehead atoms. The minimum atomic E-state index is 0.503. The Balaban J connectivity index is 1.98. The molecule has 0 saturated heterocycles. The van der Waals surface area contributed by atoms with Crippen LogP contribution >= 0.6 is 0 Å². The van der Waals surface area contributed by atoms with Crippen molar-refractivity contribution in [3.63, 3.8) is 0 Å². The molecule has 4 nitrogen and oxygen atoms in total. The normalized spacial score (nSPS) is 30.0. The SMILES string of the molecule is CC1CCC(Nc2ncncc2N)CC1C. The molecule has 1 aliphatic carbocycles. The zero-order valence-electron chi connectivity index (χ0n) is 9.98. The van der Waals surface area contributed by atoms with E-state index >= 15 is 0 Å². The summed E-state index contributed by atoms with van der Waals surface area (Å²) >= 11 is 0. The number of anilines is 2. The molecule has 4 heteroatoms. The minimum Gasteiger partial charge on any atom is -0.394 e. The molecule has 88 valence electrons. The summed E-state index contributed by atoms with van der Waals surface area (Å²) in [6, 6.07) is 0.503. The van der Waals surface area contributed by atoms with Crippen LogP contribution in [0.1, 0.15) is 33.1 Å². The van der Waals surface area contributed by atoms with Crippen LogP contribution in [-0.2, 0) is 0 Å². The average molecular weight is 220 g/mol. The first kappa shape index (κ1) is 11.2. The largest absolute Gasteiger partial charge is 0.394 e. The van der Waals surface area contributed by atoms with E-state index in [0.29, 0.717) is 11.7 Å². The second-order valence-corrected chi connectivity index (χ2v) is 4.94. The van der Waals surface area contributed by atoms with Gasteiger partial charge in [-0.15, -0.1) is 0 Å². The van der Waals surface area contributed by atoms with Crippen LogP contribution in [0.25, 0.3) is 0 Å². The van der Waals surface area contributed by atoms with Gasteiger partial charge in [0.1, 0.15) is 6.33 Å². The third-order valence-corrected chi connectivity index (χ3v) is 3.68. The smallest absolute Gasteiger partial charge is 0.152 e. The summed E-state index contributed by atoms with van der Waals surface area (Å²) in [5, 5.41) is 3.42. The lowest BCUT2D eigenvalue weighted by atomic mass is 9.79. The Morgan fingerprint density at radius 3 is 2.81 bits per heavy atom. The van der Waals surface area contributed by atoms with Crippen LogP contribution in [0.5, 0.6) is 0 Å². The van der Waals surface area contributed by atoms with E-state index in [1.165, 1.54) is 25.6 Å². The summed E-state index contributed by atoms with van der Waals surface area (Å²) < 4.78 is 0. The molecule has 3 unspecified atom stereocenters. The highest BCUT2D eigenvalue weighted by molar-refractivity contribution is 5.59. The van der Waals surface area contributed by atoms with Crippen molar-refractivity contribution in [1.29, 1.82) is 0 Å². The molecule has 16 heavy (non-hydrogen) atoms. The maximum atomic E-state index is 5.81. The topological polar surface area (TPSA) is 63.8 Å². The van der Waals surface area contributed by atoms with Crippen LogP contribution in [0, 0.1) is 11.8 Å². The lowest BCUT2D eigenvalue weighted by Crippen LogP contribution is -2.30. The average Bonchev–Trinajstić information content (AvgIpc) is 2.27. The Morgan fingerprint density at radius 1 is 1.31 bits per heavy atom. The fourth-order valence-electron chi connectivity index (χ4n) is 2.33. The van der Waals surface area contributed by atoms with Gasteiger partial charge in [0.2, 0.25) is 0 Å². The lowest BCUT2D eigenvalue weighted by molar-refractivity contribution is 0.260. The fourth-order valence-corrected chi connectivity index (χ4v) is 2.33. The standard InChI is InChI=1S/C12H20N4/c1-8-3-4-10(5-9(8)2)16-12-11(13)6-14-7-15-12/h6-10H,3-5,13H2,1-2H3,(H,14,15,16). The minimum absolute atomic E-state index is 0.503. The van der Waals surface area contributed by atoms with Crippen LogP contribution in [0.3, 0.4) is 0 Å². The summed E-state index contributed by atoms with van der Waals surface area (Å²) in [7, 11) is 0. The van der Waals surface area contributed by atoms with Crippen LogP contribution < -0.4 is 11.1 Å². The van der Waals surface area contributed by atoms with Crippen molar-refractivity contribution in [3.8, 4) is 0 Å². The van der Waals surface area contributed by atoms with E-state index in [9.17, 15) is 0 Å². The van der Waals surface area contributed by atoms with E-state index < -0.39 is 0 Å². The number of aromatic nitrogens is 2. The number of nitrogens with two attached hydrogens (primary N) is 1. The second-order valence-electron chi connectivity index (χ2n) is 4.94. The summed E-state index contributed by atoms with van der Waals surface area (Å²) in [6.07, 6.45) is 6.86. The molecular formula is C12H20N4. The molecule has 0 amide bonds. The number of hydrogen-bond donors (Lipinski definition) is 2. The number of rotatable bonds is 2. The summed E-state index contributed by atoms with van der Waals surface area (Å²) in [4.78, 5) is 8.06. The first-order valence-corrected chi connectivity index (χ1v) is 5.99. The Kier molecular flexibility index (Phi) is 3.27. The Labute approximate surface area is 96.7 Å². The van der Waals surface area contributed by atoms with Gasteiger partial charge in [0, 0.05) is 6.04 Å². The molecular weight excluding hydrogens is 200 g/mol. The number of hydrogen-bond acceptors (Lipinski definition) is 4. The molecule has 0 radical (unpaired) electrons. The van der Waals surface area contributed by atoms with Crippen molar-refractivity contribution < 1.29 is 0 Å². The van der Waals surface area contributed by atoms with Gasteiger partial charge >= 0.3 is 0 Å². The van der Waals surface area contributed by atoms with Crippen LogP contribution in [0.2, 0.25) is 0 Å². The van der Waals surface area contributed by atoms with Crippen molar-refractivity contribution in [2.75, 3.05) is 11.1 Å². The van der Waals surface area contributed by atoms with Crippen molar-refractivity contribution in [3.05, 3.63) is 12.5 Å². The number of nitrogens with zero attached hydrogens (tertiary/aromatic N) is 2. The van der Waals surface area contributed by atoms with Gasteiger partial charge in [0.25, 0.3) is 0 Å². The summed E-state index contributed by atoms with van der Waals surface area (Å²) in [5.41, 5.74) is 6.45. The molecule has 1 aliphatic rings. The molecule has 1 fully saturated rings. The zero-order valence-corrected chi connectivity index (χ0v) is 9.98. The van der Waals surface area contributed by atoms with Gasteiger partial charge in [0.15, 0.2) is 5.82 Å². The maximum Gasteiger partial charge on any atom is 0.152 e. The van der Waals surface area contributed by atoms with E-state index in [0.717, 1.165) is 17.7 Å². The molecule has 0 aromatic carbocycles. The van der Waals surface area contributed by atoms with Gasteiger partial charge in [-0.1, -0.05) is 13.8 Å². The third-order valence-electron chi connectivity index (χ3n) is 3.68. The first-order valence-electron chi connectivity index (χ1n) is 5.99. The Hall–Kier alpha value is -1.32. The van der Waals surface area contributed by atoms with Gasteiger partial charge < -0.3 is 11.1 Å². The number of nitrogen functional groups attached to an aromatic ring is 1. The van der Waals surface area contributed by atoms with Crippen LogP contribution in [-0.4, -0.2) is 16.0 Å². The van der Waals surface area contributed by atoms with E-state index in [-0.39, 0.29) is 0 Å². The predicted octanol–water partition coefficient (Wildman–Crippen LogP) is 2.30. The molecule has 1 heterocycles. The van der Waals surface area contributed by atoms with Gasteiger partial charge in [-0.2, -0.15) is 0 Å². The highest BCUT2D eigenvalue weighted by Gasteiger charge is 2.24. The van der Waals surface area contributed by atoms with Crippen molar-refractivity contribution in [2.45, 2.75) is 39.2 Å². The van der Waals surface area contributed by atoms with E-state index in [2.05, 4.69) is 29.1 Å². The zero-order chi connectivity index (χ0) is 11.5. The number of nitrogens with one attached hydrogen (secondary N) is 1. The summed E-state index contributed by atoms with van der Waals surface area (Å²) in [6.45, 7) is 4.65. The van der Waals surface area contributed by atoms with Crippen molar-refractivity contribution in [2.24, 2.45) is 11.8 Å². The highest BCUT2D eigenvalue weighted by atomic mass is 15.1. The monoisotopic (exact) mass is 220 g/mol. The molecule has 3 N–H and O–H groups in total. The highest BCUT2D eigenvalue weighted by Crippen LogP contribution is 2.31. The molecule has 0 spiro atoms. The van der Waals surface area contributed by atoms with Crippen LogP contribution in [0.4, 0.5) is 11.5 Å². The predicted molar refractivity (Wildman–Crippen MR) is 66.0 cm³/mol. The van der Waals surface area contributed by atoms with Gasteiger partial charge in [0.05, 0.1) is 11.9 Å². The molecule has 0 aliphatic heterocycles. The van der Waals surface area contributed by atoms with E-state index in [1.54, 1.807) is 6.20 Å². The Bertz CT molecular complexity index is 353. The second kappa shape index (κ2) is 4.68. The summed E-state index contributed by atoms with van der Waals surface area (Å²) in [5.74, 6) is 2.39. The molecule has 1 saturated carbocycles. The molecule has 2 rings (SSSR count). The van der Waals surface area contributed by atoms with Crippen LogP contribution in [0.15, 0.2) is 12.5 Å². The van der Waals surface area contributed by atoms with Gasteiger partial charge in [-0.25, -0.2) is 9.97 Å². The fraction of sp³-hybridized carbons (Fsp3) is 0.667. The maximum absolute atomic E-state index is 5.81. The lowest BCUT2D eigenvalue weighted by Gasteiger charge is -2.32.